The molecule has 1 atom stereocenters. The van der Waals surface area contributed by atoms with E-state index in [1.165, 1.54) is 4.90 Å². The Kier molecular flexibility index (Phi) is 5.95. The molecule has 2 aromatic rings. The second-order valence-electron chi connectivity index (χ2n) is 6.84. The zero-order valence-electron chi connectivity index (χ0n) is 15.4. The zero-order valence-corrected chi connectivity index (χ0v) is 16.1. The van der Waals surface area contributed by atoms with Gasteiger partial charge in [0, 0.05) is 17.5 Å². The monoisotopic (exact) mass is 447 g/mol. The Morgan fingerprint density at radius 3 is 2.57 bits per heavy atom. The number of halogens is 4. The van der Waals surface area contributed by atoms with Crippen molar-refractivity contribution < 1.29 is 37.1 Å². The van der Waals surface area contributed by atoms with Crippen LogP contribution in [-0.4, -0.2) is 52.7 Å². The first-order valence-corrected chi connectivity index (χ1v) is 9.24. The molecule has 2 aliphatic heterocycles. The number of furan rings is 1. The number of benzene rings is 1. The third-order valence-electron chi connectivity index (χ3n) is 4.84. The van der Waals surface area contributed by atoms with Crippen LogP contribution in [-0.2, 0) is 16.1 Å². The van der Waals surface area contributed by atoms with E-state index in [4.69, 9.17) is 25.9 Å². The van der Waals surface area contributed by atoms with E-state index in [1.54, 1.807) is 0 Å². The molecule has 30 heavy (non-hydrogen) atoms. The van der Waals surface area contributed by atoms with Crippen LogP contribution >= 0.6 is 11.6 Å². The Morgan fingerprint density at radius 1 is 1.30 bits per heavy atom. The minimum absolute atomic E-state index is 0.113. The summed E-state index contributed by atoms with van der Waals surface area (Å²) < 4.78 is 37.2. The van der Waals surface area contributed by atoms with Crippen LogP contribution in [0.3, 0.4) is 0 Å². The van der Waals surface area contributed by atoms with Crippen molar-refractivity contribution in [3.05, 3.63) is 35.0 Å². The molecule has 3 heterocycles. The van der Waals surface area contributed by atoms with Crippen LogP contribution in [0.2, 0.25) is 5.22 Å². The number of hydrogen-bond donors (Lipinski definition) is 3. The fourth-order valence-electron chi connectivity index (χ4n) is 3.39. The van der Waals surface area contributed by atoms with Crippen LogP contribution in [0.15, 0.2) is 28.7 Å². The molecule has 2 aliphatic rings. The SMILES string of the molecule is O=C(O)C(F)(F)F.O=C1NC2(CCCNC2)C(=O)N1Cc1c(Cl)oc2ccccc12. The zero-order chi connectivity index (χ0) is 22.1. The van der Waals surface area contributed by atoms with Gasteiger partial charge in [0.1, 0.15) is 11.1 Å². The lowest BCUT2D eigenvalue weighted by Crippen LogP contribution is -2.57. The van der Waals surface area contributed by atoms with Crippen molar-refractivity contribution in [1.82, 2.24) is 15.5 Å². The van der Waals surface area contributed by atoms with E-state index < -0.39 is 17.7 Å². The number of amides is 3. The van der Waals surface area contributed by atoms with Gasteiger partial charge in [-0.25, -0.2) is 9.59 Å². The van der Waals surface area contributed by atoms with Gasteiger partial charge in [-0.15, -0.1) is 0 Å². The average Bonchev–Trinajstić information content (AvgIpc) is 3.11. The van der Waals surface area contributed by atoms with Gasteiger partial charge in [-0.05, 0) is 37.1 Å². The highest BCUT2D eigenvalue weighted by molar-refractivity contribution is 6.31. The number of urea groups is 1. The van der Waals surface area contributed by atoms with Gasteiger partial charge in [-0.3, -0.25) is 9.69 Å². The molecular formula is C18H17ClF3N3O5. The molecule has 0 saturated carbocycles. The number of rotatable bonds is 2. The van der Waals surface area contributed by atoms with E-state index in [9.17, 15) is 22.8 Å². The quantitative estimate of drug-likeness (QED) is 0.610. The Balaban J connectivity index is 0.000000318. The molecule has 162 valence electrons. The number of fused-ring (bicyclic) bond motifs is 1. The fourth-order valence-corrected chi connectivity index (χ4v) is 3.63. The van der Waals surface area contributed by atoms with E-state index in [0.29, 0.717) is 24.1 Å². The number of piperidine rings is 1. The molecule has 0 aliphatic carbocycles. The van der Waals surface area contributed by atoms with Crippen molar-refractivity contribution in [3.63, 3.8) is 0 Å². The number of carboxylic acids is 1. The largest absolute Gasteiger partial charge is 0.490 e. The van der Waals surface area contributed by atoms with Gasteiger partial charge in [0.05, 0.1) is 6.54 Å². The number of nitrogens with zero attached hydrogens (tertiary/aromatic N) is 1. The topological polar surface area (TPSA) is 112 Å². The van der Waals surface area contributed by atoms with Crippen LogP contribution in [0.25, 0.3) is 11.0 Å². The van der Waals surface area contributed by atoms with Gasteiger partial charge in [0.2, 0.25) is 0 Å². The number of hydrogen-bond acceptors (Lipinski definition) is 5. The molecule has 2 saturated heterocycles. The van der Waals surface area contributed by atoms with Crippen molar-refractivity contribution in [2.24, 2.45) is 0 Å². The van der Waals surface area contributed by atoms with Gasteiger partial charge < -0.3 is 20.2 Å². The number of carboxylic acid groups (broad SMARTS) is 1. The van der Waals surface area contributed by atoms with Gasteiger partial charge in [0.15, 0.2) is 5.22 Å². The molecule has 4 rings (SSSR count). The Labute approximate surface area is 172 Å². The maximum absolute atomic E-state index is 12.8. The minimum Gasteiger partial charge on any atom is -0.475 e. The van der Waals surface area contributed by atoms with E-state index in [2.05, 4.69) is 10.6 Å². The van der Waals surface area contributed by atoms with Gasteiger partial charge >= 0.3 is 18.2 Å². The smallest absolute Gasteiger partial charge is 0.475 e. The number of carbonyl (C=O) groups excluding carboxylic acids is 2. The van der Waals surface area contributed by atoms with Crippen LogP contribution in [0.1, 0.15) is 18.4 Å². The molecule has 1 aromatic heterocycles. The van der Waals surface area contributed by atoms with Crippen molar-refractivity contribution in [2.45, 2.75) is 31.1 Å². The number of nitrogens with one attached hydrogen (secondary N) is 2. The maximum Gasteiger partial charge on any atom is 0.490 e. The summed E-state index contributed by atoms with van der Waals surface area (Å²) in [7, 11) is 0. The number of carbonyl (C=O) groups is 3. The van der Waals surface area contributed by atoms with E-state index >= 15 is 0 Å². The molecule has 3 N–H and O–H groups in total. The molecule has 0 radical (unpaired) electrons. The van der Waals surface area contributed by atoms with Crippen molar-refractivity contribution in [1.29, 1.82) is 0 Å². The lowest BCUT2D eigenvalue weighted by Gasteiger charge is -2.31. The molecule has 3 amide bonds. The van der Waals surface area contributed by atoms with Crippen LogP contribution < -0.4 is 10.6 Å². The molecule has 2 fully saturated rings. The first-order chi connectivity index (χ1) is 14.0. The lowest BCUT2D eigenvalue weighted by atomic mass is 9.90. The number of imide groups is 1. The number of alkyl halides is 3. The third-order valence-corrected chi connectivity index (χ3v) is 5.14. The highest BCUT2D eigenvalue weighted by Gasteiger charge is 2.51. The van der Waals surface area contributed by atoms with Crippen LogP contribution in [0, 0.1) is 0 Å². The summed E-state index contributed by atoms with van der Waals surface area (Å²) in [6, 6.07) is 7.03. The minimum atomic E-state index is -5.08. The number of para-hydroxylation sites is 1. The summed E-state index contributed by atoms with van der Waals surface area (Å²) >= 11 is 6.17. The van der Waals surface area contributed by atoms with E-state index in [1.807, 2.05) is 24.3 Å². The second kappa shape index (κ2) is 8.15. The highest BCUT2D eigenvalue weighted by atomic mass is 35.5. The second-order valence-corrected chi connectivity index (χ2v) is 7.18. The van der Waals surface area contributed by atoms with Gasteiger partial charge in [0.25, 0.3) is 5.91 Å². The van der Waals surface area contributed by atoms with Crippen LogP contribution in [0.5, 0.6) is 0 Å². The summed E-state index contributed by atoms with van der Waals surface area (Å²) in [6.07, 6.45) is -3.57. The molecule has 1 unspecified atom stereocenters. The Bertz CT molecular complexity index is 985. The predicted octanol–water partition coefficient (Wildman–Crippen LogP) is 2.89. The molecule has 12 heteroatoms. The van der Waals surface area contributed by atoms with Gasteiger partial charge in [-0.1, -0.05) is 18.2 Å². The lowest BCUT2D eigenvalue weighted by molar-refractivity contribution is -0.192. The van der Waals surface area contributed by atoms with Crippen molar-refractivity contribution >= 4 is 40.5 Å². The molecule has 0 bridgehead atoms. The maximum atomic E-state index is 12.8. The summed E-state index contributed by atoms with van der Waals surface area (Å²) in [5, 5.41) is 14.2. The first-order valence-electron chi connectivity index (χ1n) is 8.86. The molecule has 8 nitrogen and oxygen atoms in total. The average molecular weight is 448 g/mol. The summed E-state index contributed by atoms with van der Waals surface area (Å²) in [4.78, 5) is 35.2. The Morgan fingerprint density at radius 2 is 1.97 bits per heavy atom. The third kappa shape index (κ3) is 4.21. The summed E-state index contributed by atoms with van der Waals surface area (Å²) in [6.45, 7) is 1.44. The summed E-state index contributed by atoms with van der Waals surface area (Å²) in [5.41, 5.74) is 0.488. The normalized spacial score (nSPS) is 21.5. The van der Waals surface area contributed by atoms with Crippen LogP contribution in [0.4, 0.5) is 18.0 Å². The predicted molar refractivity (Wildman–Crippen MR) is 98.8 cm³/mol. The van der Waals surface area contributed by atoms with E-state index in [-0.39, 0.29) is 23.7 Å². The fraction of sp³-hybridized carbons (Fsp3) is 0.389. The number of aliphatic carboxylic acids is 1. The summed E-state index contributed by atoms with van der Waals surface area (Å²) in [5.74, 6) is -2.96. The van der Waals surface area contributed by atoms with Gasteiger partial charge in [-0.2, -0.15) is 13.2 Å². The molecule has 1 spiro atoms. The highest BCUT2D eigenvalue weighted by Crippen LogP contribution is 2.33. The first kappa shape index (κ1) is 21.9. The van der Waals surface area contributed by atoms with Crippen molar-refractivity contribution in [2.75, 3.05) is 13.1 Å². The van der Waals surface area contributed by atoms with Crippen molar-refractivity contribution in [3.8, 4) is 0 Å². The molecular weight excluding hydrogens is 431 g/mol. The van der Waals surface area contributed by atoms with E-state index in [0.717, 1.165) is 18.4 Å². The Hall–Kier alpha value is -2.79. The molecule has 1 aromatic carbocycles. The standard InChI is InChI=1S/C16H16ClN3O3.C2HF3O2/c17-13-11(10-4-1-2-5-12(10)23-13)8-20-14(21)16(19-15(20)22)6-3-7-18-9-16;3-2(4,5)1(6)7/h1-2,4-5,18H,3,6-9H2,(H,19,22);(H,6,7).